The summed E-state index contributed by atoms with van der Waals surface area (Å²) in [6.07, 6.45) is 0. The summed E-state index contributed by atoms with van der Waals surface area (Å²) in [6.45, 7) is 1.60. The first kappa shape index (κ1) is 14.8. The summed E-state index contributed by atoms with van der Waals surface area (Å²) in [4.78, 5) is -0.0922. The first-order chi connectivity index (χ1) is 9.29. The highest BCUT2D eigenvalue weighted by molar-refractivity contribution is 9.10. The summed E-state index contributed by atoms with van der Waals surface area (Å²) >= 11 is 3.22. The summed E-state index contributed by atoms with van der Waals surface area (Å²) in [5.74, 6) is -0.602. The average molecular weight is 359 g/mol. The molecule has 0 bridgehead atoms. The maximum Gasteiger partial charge on any atom is 0.262 e. The number of rotatable bonds is 3. The van der Waals surface area contributed by atoms with E-state index in [0.29, 0.717) is 21.4 Å². The van der Waals surface area contributed by atoms with Gasteiger partial charge in [-0.2, -0.15) is 0 Å². The Morgan fingerprint density at radius 3 is 2.55 bits per heavy atom. The van der Waals surface area contributed by atoms with Crippen LogP contribution in [0.2, 0.25) is 0 Å². The molecule has 0 aliphatic rings. The van der Waals surface area contributed by atoms with Gasteiger partial charge in [0, 0.05) is 10.2 Å². The van der Waals surface area contributed by atoms with E-state index in [2.05, 4.69) is 20.7 Å². The van der Waals surface area contributed by atoms with Crippen molar-refractivity contribution in [3.8, 4) is 0 Å². The predicted molar refractivity (Wildman–Crippen MR) is 80.5 cm³/mol. The van der Waals surface area contributed by atoms with Gasteiger partial charge in [0.05, 0.1) is 10.6 Å². The molecule has 0 atom stereocenters. The van der Waals surface area contributed by atoms with Crippen LogP contribution in [0.1, 0.15) is 5.56 Å². The van der Waals surface area contributed by atoms with E-state index in [1.54, 1.807) is 19.1 Å². The first-order valence-corrected chi connectivity index (χ1v) is 7.91. The standard InChI is InChI=1S/C13H12BrFN2O2S/c1-8-2-3-9(15)6-13(8)20(18,19)17-10-4-5-12(16)11(14)7-10/h2-7,17H,16H2,1H3. The highest BCUT2D eigenvalue weighted by atomic mass is 79.9. The SMILES string of the molecule is Cc1ccc(F)cc1S(=O)(=O)Nc1ccc(N)c(Br)c1. The van der Waals surface area contributed by atoms with Gasteiger partial charge >= 0.3 is 0 Å². The third-order valence-corrected chi connectivity index (χ3v) is 4.90. The minimum absolute atomic E-state index is 0.0922. The van der Waals surface area contributed by atoms with Crippen LogP contribution in [0.25, 0.3) is 0 Å². The third kappa shape index (κ3) is 3.10. The molecule has 7 heteroatoms. The summed E-state index contributed by atoms with van der Waals surface area (Å²) in [7, 11) is -3.85. The molecule has 106 valence electrons. The van der Waals surface area contributed by atoms with E-state index < -0.39 is 15.8 Å². The van der Waals surface area contributed by atoms with Crippen LogP contribution in [0.4, 0.5) is 15.8 Å². The molecule has 0 saturated carbocycles. The monoisotopic (exact) mass is 358 g/mol. The second-order valence-corrected chi connectivity index (χ2v) is 6.76. The van der Waals surface area contributed by atoms with Crippen LogP contribution in [0.5, 0.6) is 0 Å². The molecular formula is C13H12BrFN2O2S. The zero-order chi connectivity index (χ0) is 14.9. The quantitative estimate of drug-likeness (QED) is 0.827. The number of nitrogen functional groups attached to an aromatic ring is 1. The zero-order valence-corrected chi connectivity index (χ0v) is 12.9. The van der Waals surface area contributed by atoms with Crippen molar-refractivity contribution in [2.45, 2.75) is 11.8 Å². The lowest BCUT2D eigenvalue weighted by atomic mass is 10.2. The number of benzene rings is 2. The van der Waals surface area contributed by atoms with Crippen molar-refractivity contribution in [3.05, 3.63) is 52.3 Å². The van der Waals surface area contributed by atoms with Crippen LogP contribution in [-0.2, 0) is 10.0 Å². The molecule has 2 aromatic carbocycles. The molecular weight excluding hydrogens is 347 g/mol. The molecule has 3 N–H and O–H groups in total. The Labute approximate surface area is 125 Å². The number of nitrogens with two attached hydrogens (primary N) is 1. The summed E-state index contributed by atoms with van der Waals surface area (Å²) < 4.78 is 40.7. The fraction of sp³-hybridized carbons (Fsp3) is 0.0769. The van der Waals surface area contributed by atoms with Crippen LogP contribution in [0.15, 0.2) is 45.8 Å². The molecule has 0 heterocycles. The minimum Gasteiger partial charge on any atom is -0.398 e. The average Bonchev–Trinajstić information content (AvgIpc) is 2.36. The Hall–Kier alpha value is -1.60. The third-order valence-electron chi connectivity index (χ3n) is 2.69. The van der Waals surface area contributed by atoms with Crippen molar-refractivity contribution in [2.75, 3.05) is 10.5 Å². The van der Waals surface area contributed by atoms with Gasteiger partial charge in [-0.15, -0.1) is 0 Å². The van der Waals surface area contributed by atoms with E-state index in [1.807, 2.05) is 0 Å². The molecule has 2 rings (SSSR count). The lowest BCUT2D eigenvalue weighted by molar-refractivity contribution is 0.594. The van der Waals surface area contributed by atoms with E-state index in [0.717, 1.165) is 6.07 Å². The molecule has 0 spiro atoms. The van der Waals surface area contributed by atoms with Gasteiger partial charge in [0.25, 0.3) is 10.0 Å². The molecule has 0 aromatic heterocycles. The van der Waals surface area contributed by atoms with Gasteiger partial charge in [-0.3, -0.25) is 4.72 Å². The Morgan fingerprint density at radius 2 is 1.90 bits per heavy atom. The van der Waals surface area contributed by atoms with Crippen LogP contribution in [0.3, 0.4) is 0 Å². The normalized spacial score (nSPS) is 11.3. The molecule has 0 saturated heterocycles. The number of nitrogens with one attached hydrogen (secondary N) is 1. The maximum absolute atomic E-state index is 13.2. The molecule has 0 aliphatic heterocycles. The van der Waals surface area contributed by atoms with Crippen molar-refractivity contribution < 1.29 is 12.8 Å². The lowest BCUT2D eigenvalue weighted by Gasteiger charge is -2.11. The Bertz CT molecular complexity index is 763. The largest absolute Gasteiger partial charge is 0.398 e. The molecule has 0 aliphatic carbocycles. The lowest BCUT2D eigenvalue weighted by Crippen LogP contribution is -2.14. The Kier molecular flexibility index (Phi) is 4.01. The number of aryl methyl sites for hydroxylation is 1. The number of anilines is 2. The molecule has 0 fully saturated rings. The molecule has 0 unspecified atom stereocenters. The van der Waals surface area contributed by atoms with Gasteiger partial charge in [-0.25, -0.2) is 12.8 Å². The van der Waals surface area contributed by atoms with Gasteiger partial charge in [0.2, 0.25) is 0 Å². The van der Waals surface area contributed by atoms with Crippen LogP contribution < -0.4 is 10.5 Å². The predicted octanol–water partition coefficient (Wildman–Crippen LogP) is 3.28. The topological polar surface area (TPSA) is 72.2 Å². The Balaban J connectivity index is 2.40. The number of hydrogen-bond donors (Lipinski definition) is 2. The minimum atomic E-state index is -3.85. The van der Waals surface area contributed by atoms with Crippen LogP contribution >= 0.6 is 15.9 Å². The van der Waals surface area contributed by atoms with Gasteiger partial charge < -0.3 is 5.73 Å². The van der Waals surface area contributed by atoms with Gasteiger partial charge in [-0.1, -0.05) is 6.07 Å². The number of sulfonamides is 1. The maximum atomic E-state index is 13.2. The van der Waals surface area contributed by atoms with E-state index in [-0.39, 0.29) is 4.90 Å². The second kappa shape index (κ2) is 5.41. The fourth-order valence-electron chi connectivity index (χ4n) is 1.66. The van der Waals surface area contributed by atoms with Crippen molar-refractivity contribution in [2.24, 2.45) is 0 Å². The fourth-order valence-corrected chi connectivity index (χ4v) is 3.35. The number of halogens is 2. The van der Waals surface area contributed by atoms with Crippen LogP contribution in [0, 0.1) is 12.7 Å². The van der Waals surface area contributed by atoms with E-state index in [9.17, 15) is 12.8 Å². The van der Waals surface area contributed by atoms with E-state index in [4.69, 9.17) is 5.73 Å². The molecule has 20 heavy (non-hydrogen) atoms. The highest BCUT2D eigenvalue weighted by Crippen LogP contribution is 2.26. The summed E-state index contributed by atoms with van der Waals surface area (Å²) in [6, 6.07) is 8.27. The van der Waals surface area contributed by atoms with Crippen molar-refractivity contribution in [1.29, 1.82) is 0 Å². The van der Waals surface area contributed by atoms with Gasteiger partial charge in [0.15, 0.2) is 0 Å². The number of hydrogen-bond acceptors (Lipinski definition) is 3. The molecule has 0 radical (unpaired) electrons. The van der Waals surface area contributed by atoms with E-state index >= 15 is 0 Å². The van der Waals surface area contributed by atoms with Gasteiger partial charge in [-0.05, 0) is 58.7 Å². The van der Waals surface area contributed by atoms with Gasteiger partial charge in [0.1, 0.15) is 5.82 Å². The highest BCUT2D eigenvalue weighted by Gasteiger charge is 2.18. The summed E-state index contributed by atoms with van der Waals surface area (Å²) in [5.41, 5.74) is 6.94. The molecule has 4 nitrogen and oxygen atoms in total. The molecule has 0 amide bonds. The smallest absolute Gasteiger partial charge is 0.262 e. The van der Waals surface area contributed by atoms with Crippen molar-refractivity contribution in [3.63, 3.8) is 0 Å². The second-order valence-electron chi connectivity index (χ2n) is 4.25. The molecule has 2 aromatic rings. The van der Waals surface area contributed by atoms with Crippen LogP contribution in [-0.4, -0.2) is 8.42 Å². The summed E-state index contributed by atoms with van der Waals surface area (Å²) in [5, 5.41) is 0. The zero-order valence-electron chi connectivity index (χ0n) is 10.5. The first-order valence-electron chi connectivity index (χ1n) is 5.63. The van der Waals surface area contributed by atoms with Crippen molar-refractivity contribution in [1.82, 2.24) is 0 Å². The van der Waals surface area contributed by atoms with Crippen molar-refractivity contribution >= 4 is 37.3 Å². The Morgan fingerprint density at radius 1 is 1.20 bits per heavy atom. The van der Waals surface area contributed by atoms with E-state index in [1.165, 1.54) is 18.2 Å².